The first kappa shape index (κ1) is 14.9. The molecule has 1 aliphatic carbocycles. The molecule has 1 aromatic carbocycles. The molecule has 21 heavy (non-hydrogen) atoms. The minimum absolute atomic E-state index is 0.180. The third kappa shape index (κ3) is 3.44. The van der Waals surface area contributed by atoms with Crippen molar-refractivity contribution < 1.29 is 4.39 Å². The molecule has 1 aliphatic heterocycles. The Labute approximate surface area is 126 Å². The van der Waals surface area contributed by atoms with E-state index in [1.807, 2.05) is 12.1 Å². The van der Waals surface area contributed by atoms with E-state index in [9.17, 15) is 4.39 Å². The maximum absolute atomic E-state index is 13.1. The van der Waals surface area contributed by atoms with Crippen molar-refractivity contribution in [3.63, 3.8) is 0 Å². The lowest BCUT2D eigenvalue weighted by Gasteiger charge is -2.41. The molecule has 116 valence electrons. The summed E-state index contributed by atoms with van der Waals surface area (Å²) in [5.74, 6) is -0.180. The maximum atomic E-state index is 13.1. The van der Waals surface area contributed by atoms with E-state index in [2.05, 4.69) is 9.80 Å². The van der Waals surface area contributed by atoms with Gasteiger partial charge in [-0.3, -0.25) is 9.80 Å². The van der Waals surface area contributed by atoms with Gasteiger partial charge in [0.05, 0.1) is 0 Å². The first-order valence-corrected chi connectivity index (χ1v) is 8.21. The van der Waals surface area contributed by atoms with Crippen LogP contribution < -0.4 is 5.73 Å². The summed E-state index contributed by atoms with van der Waals surface area (Å²) in [6, 6.07) is 7.84. The summed E-state index contributed by atoms with van der Waals surface area (Å²) in [6.07, 6.45) is 5.54. The first-order valence-electron chi connectivity index (χ1n) is 8.21. The Balaban J connectivity index is 1.60. The van der Waals surface area contributed by atoms with Crippen molar-refractivity contribution in [2.24, 2.45) is 5.73 Å². The van der Waals surface area contributed by atoms with Crippen molar-refractivity contribution in [1.82, 2.24) is 9.80 Å². The molecule has 3 rings (SSSR count). The van der Waals surface area contributed by atoms with Crippen LogP contribution in [-0.4, -0.2) is 48.6 Å². The zero-order chi connectivity index (χ0) is 14.7. The Hall–Kier alpha value is -0.970. The maximum Gasteiger partial charge on any atom is 0.123 e. The van der Waals surface area contributed by atoms with Gasteiger partial charge in [0, 0.05) is 44.8 Å². The predicted molar refractivity (Wildman–Crippen MR) is 83.6 cm³/mol. The van der Waals surface area contributed by atoms with Gasteiger partial charge in [0.15, 0.2) is 0 Å². The van der Waals surface area contributed by atoms with Gasteiger partial charge in [-0.15, -0.1) is 0 Å². The summed E-state index contributed by atoms with van der Waals surface area (Å²) in [5, 5.41) is 0. The number of rotatable bonds is 4. The Morgan fingerprint density at radius 3 is 2.24 bits per heavy atom. The van der Waals surface area contributed by atoms with E-state index >= 15 is 0 Å². The largest absolute Gasteiger partial charge is 0.329 e. The molecule has 1 atom stereocenters. The Morgan fingerprint density at radius 1 is 1.05 bits per heavy atom. The molecule has 1 saturated carbocycles. The van der Waals surface area contributed by atoms with Crippen LogP contribution in [0.15, 0.2) is 24.3 Å². The van der Waals surface area contributed by atoms with E-state index in [4.69, 9.17) is 5.73 Å². The number of piperazine rings is 1. The van der Waals surface area contributed by atoms with E-state index < -0.39 is 0 Å². The van der Waals surface area contributed by atoms with E-state index in [1.165, 1.54) is 37.8 Å². The van der Waals surface area contributed by atoms with Gasteiger partial charge in [-0.1, -0.05) is 25.0 Å². The highest BCUT2D eigenvalue weighted by atomic mass is 19.1. The van der Waals surface area contributed by atoms with Gasteiger partial charge >= 0.3 is 0 Å². The second-order valence-corrected chi connectivity index (χ2v) is 6.31. The molecule has 2 fully saturated rings. The van der Waals surface area contributed by atoms with E-state index in [0.29, 0.717) is 6.54 Å². The highest BCUT2D eigenvalue weighted by Crippen LogP contribution is 2.27. The van der Waals surface area contributed by atoms with Crippen molar-refractivity contribution in [1.29, 1.82) is 0 Å². The lowest BCUT2D eigenvalue weighted by Crippen LogP contribution is -2.51. The van der Waals surface area contributed by atoms with Gasteiger partial charge in [0.2, 0.25) is 0 Å². The third-order valence-electron chi connectivity index (χ3n) is 5.11. The number of hydrogen-bond donors (Lipinski definition) is 1. The molecule has 0 bridgehead atoms. The summed E-state index contributed by atoms with van der Waals surface area (Å²) in [4.78, 5) is 5.11. The van der Waals surface area contributed by atoms with Crippen molar-refractivity contribution >= 4 is 0 Å². The van der Waals surface area contributed by atoms with Gasteiger partial charge in [0.1, 0.15) is 5.82 Å². The van der Waals surface area contributed by atoms with Crippen LogP contribution in [0, 0.1) is 5.82 Å². The predicted octanol–water partition coefficient (Wildman–Crippen LogP) is 2.39. The van der Waals surface area contributed by atoms with Gasteiger partial charge in [-0.2, -0.15) is 0 Å². The molecule has 0 amide bonds. The number of nitrogens with zero attached hydrogens (tertiary/aromatic N) is 2. The number of nitrogens with two attached hydrogens (primary N) is 1. The Kier molecular flexibility index (Phi) is 4.88. The molecule has 3 nitrogen and oxygen atoms in total. The normalized spacial score (nSPS) is 23.5. The van der Waals surface area contributed by atoms with Gasteiger partial charge < -0.3 is 5.73 Å². The minimum atomic E-state index is -0.180. The monoisotopic (exact) mass is 291 g/mol. The SMILES string of the molecule is NCC(c1ccc(F)cc1)N1CCN(C2CCCC2)CC1. The lowest BCUT2D eigenvalue weighted by molar-refractivity contribution is 0.0722. The third-order valence-corrected chi connectivity index (χ3v) is 5.11. The second-order valence-electron chi connectivity index (χ2n) is 6.31. The fourth-order valence-electron chi connectivity index (χ4n) is 3.86. The molecule has 1 aromatic rings. The Bertz CT molecular complexity index is 434. The molecule has 0 aromatic heterocycles. The summed E-state index contributed by atoms with van der Waals surface area (Å²) in [7, 11) is 0. The molecule has 1 heterocycles. The van der Waals surface area contributed by atoms with Crippen molar-refractivity contribution in [2.45, 2.75) is 37.8 Å². The number of hydrogen-bond acceptors (Lipinski definition) is 3. The van der Waals surface area contributed by atoms with Gasteiger partial charge in [-0.05, 0) is 30.5 Å². The summed E-state index contributed by atoms with van der Waals surface area (Å²) in [6.45, 7) is 5.01. The van der Waals surface area contributed by atoms with Gasteiger partial charge in [0.25, 0.3) is 0 Å². The standard InChI is InChI=1S/C17H26FN3/c18-15-7-5-14(6-8-15)17(13-19)21-11-9-20(10-12-21)16-3-1-2-4-16/h5-8,16-17H,1-4,9-13,19H2. The van der Waals surface area contributed by atoms with Crippen molar-refractivity contribution in [3.8, 4) is 0 Å². The van der Waals surface area contributed by atoms with Crippen LogP contribution in [0.2, 0.25) is 0 Å². The average Bonchev–Trinajstić information content (AvgIpc) is 3.05. The zero-order valence-corrected chi connectivity index (χ0v) is 12.7. The molecule has 0 radical (unpaired) electrons. The van der Waals surface area contributed by atoms with Crippen LogP contribution >= 0.6 is 0 Å². The molecule has 0 spiro atoms. The topological polar surface area (TPSA) is 32.5 Å². The zero-order valence-electron chi connectivity index (χ0n) is 12.7. The van der Waals surface area contributed by atoms with Crippen LogP contribution in [-0.2, 0) is 0 Å². The molecule has 1 unspecified atom stereocenters. The van der Waals surface area contributed by atoms with E-state index in [1.54, 1.807) is 0 Å². The second kappa shape index (κ2) is 6.86. The number of halogens is 1. The smallest absolute Gasteiger partial charge is 0.123 e. The average molecular weight is 291 g/mol. The Morgan fingerprint density at radius 2 is 1.67 bits per heavy atom. The van der Waals surface area contributed by atoms with E-state index in [-0.39, 0.29) is 11.9 Å². The van der Waals surface area contributed by atoms with E-state index in [0.717, 1.165) is 37.8 Å². The highest BCUT2D eigenvalue weighted by molar-refractivity contribution is 5.20. The minimum Gasteiger partial charge on any atom is -0.329 e. The fourth-order valence-corrected chi connectivity index (χ4v) is 3.86. The summed E-state index contributed by atoms with van der Waals surface area (Å²) in [5.41, 5.74) is 7.11. The van der Waals surface area contributed by atoms with Crippen molar-refractivity contribution in [2.75, 3.05) is 32.7 Å². The first-order chi connectivity index (χ1) is 10.3. The fraction of sp³-hybridized carbons (Fsp3) is 0.647. The van der Waals surface area contributed by atoms with Crippen LogP contribution in [0.4, 0.5) is 4.39 Å². The van der Waals surface area contributed by atoms with Crippen LogP contribution in [0.5, 0.6) is 0 Å². The lowest BCUT2D eigenvalue weighted by atomic mass is 10.0. The molecule has 2 N–H and O–H groups in total. The summed E-state index contributed by atoms with van der Waals surface area (Å²) < 4.78 is 13.1. The molecular weight excluding hydrogens is 265 g/mol. The molecular formula is C17H26FN3. The van der Waals surface area contributed by atoms with Crippen molar-refractivity contribution in [3.05, 3.63) is 35.6 Å². The van der Waals surface area contributed by atoms with Crippen LogP contribution in [0.3, 0.4) is 0 Å². The van der Waals surface area contributed by atoms with Crippen LogP contribution in [0.1, 0.15) is 37.3 Å². The number of benzene rings is 1. The van der Waals surface area contributed by atoms with Crippen LogP contribution in [0.25, 0.3) is 0 Å². The summed E-state index contributed by atoms with van der Waals surface area (Å²) >= 11 is 0. The molecule has 2 aliphatic rings. The molecule has 1 saturated heterocycles. The quantitative estimate of drug-likeness (QED) is 0.924. The van der Waals surface area contributed by atoms with Gasteiger partial charge in [-0.25, -0.2) is 4.39 Å². The molecule has 4 heteroatoms. The highest BCUT2D eigenvalue weighted by Gasteiger charge is 2.29.